The highest BCUT2D eigenvalue weighted by atomic mass is 16.4. The van der Waals surface area contributed by atoms with E-state index in [2.05, 4.69) is 10.4 Å². The molecule has 2 rings (SSSR count). The molecule has 1 aromatic rings. The molecular weight excluding hydrogens is 320 g/mol. The number of carbonyl (C=O) groups is 2. The minimum Gasteiger partial charge on any atom is -0.480 e. The number of rotatable bonds is 8. The Labute approximate surface area is 149 Å². The second-order valence-electron chi connectivity index (χ2n) is 7.17. The maximum atomic E-state index is 12.5. The molecule has 7 heteroatoms. The van der Waals surface area contributed by atoms with Crippen molar-refractivity contribution in [3.63, 3.8) is 0 Å². The van der Waals surface area contributed by atoms with Crippen molar-refractivity contribution in [2.45, 2.75) is 59.0 Å². The molecule has 1 atom stereocenters. The number of amides is 1. The minimum atomic E-state index is -0.801. The summed E-state index contributed by atoms with van der Waals surface area (Å²) in [5.41, 5.74) is 3.24. The number of hydrogen-bond acceptors (Lipinski definition) is 4. The fourth-order valence-corrected chi connectivity index (χ4v) is 3.53. The summed E-state index contributed by atoms with van der Waals surface area (Å²) in [5.74, 6) is -0.848. The van der Waals surface area contributed by atoms with Crippen LogP contribution in [0.15, 0.2) is 0 Å². The monoisotopic (exact) mass is 350 g/mol. The highest BCUT2D eigenvalue weighted by Gasteiger charge is 2.35. The zero-order valence-electron chi connectivity index (χ0n) is 15.9. The van der Waals surface area contributed by atoms with Crippen molar-refractivity contribution in [3.8, 4) is 0 Å². The minimum absolute atomic E-state index is 0.0624. The van der Waals surface area contributed by atoms with Crippen LogP contribution >= 0.6 is 0 Å². The second kappa shape index (κ2) is 7.99. The van der Waals surface area contributed by atoms with Crippen LogP contribution in [0.25, 0.3) is 0 Å². The SMILES string of the molecule is CCN(CC(=O)O)C1CC(NC(=O)C(C)Cc2c(C)nn(C)c2C)C1. The maximum absolute atomic E-state index is 12.5. The van der Waals surface area contributed by atoms with Gasteiger partial charge in [-0.2, -0.15) is 5.10 Å². The van der Waals surface area contributed by atoms with Gasteiger partial charge >= 0.3 is 5.97 Å². The lowest BCUT2D eigenvalue weighted by Gasteiger charge is -2.42. The number of hydrogen-bond donors (Lipinski definition) is 2. The van der Waals surface area contributed by atoms with Crippen molar-refractivity contribution in [2.75, 3.05) is 13.1 Å². The van der Waals surface area contributed by atoms with E-state index in [1.165, 1.54) is 0 Å². The topological polar surface area (TPSA) is 87.5 Å². The molecule has 0 radical (unpaired) electrons. The van der Waals surface area contributed by atoms with E-state index in [1.807, 2.05) is 44.3 Å². The van der Waals surface area contributed by atoms with Crippen molar-refractivity contribution in [1.82, 2.24) is 20.0 Å². The number of likely N-dealkylation sites (N-methyl/N-ethyl adjacent to an activating group) is 1. The van der Waals surface area contributed by atoms with Crippen LogP contribution in [0.1, 0.15) is 43.6 Å². The third kappa shape index (κ3) is 4.60. The molecule has 0 bridgehead atoms. The second-order valence-corrected chi connectivity index (χ2v) is 7.17. The van der Waals surface area contributed by atoms with E-state index >= 15 is 0 Å². The van der Waals surface area contributed by atoms with Crippen LogP contribution in [-0.4, -0.2) is 56.8 Å². The Hall–Kier alpha value is -1.89. The number of nitrogens with zero attached hydrogens (tertiary/aromatic N) is 3. The summed E-state index contributed by atoms with van der Waals surface area (Å²) in [7, 11) is 1.92. The Morgan fingerprint density at radius 3 is 2.52 bits per heavy atom. The third-order valence-electron chi connectivity index (χ3n) is 5.34. The summed E-state index contributed by atoms with van der Waals surface area (Å²) >= 11 is 0. The standard InChI is InChI=1S/C18H30N4O3/c1-6-22(10-17(23)24)15-8-14(9-15)19-18(25)11(2)7-16-12(3)20-21(5)13(16)4/h11,14-15H,6-10H2,1-5H3,(H,19,25)(H,23,24). The molecule has 1 saturated carbocycles. The van der Waals surface area contributed by atoms with E-state index in [-0.39, 0.29) is 30.5 Å². The van der Waals surface area contributed by atoms with Crippen LogP contribution in [0.2, 0.25) is 0 Å². The zero-order valence-corrected chi connectivity index (χ0v) is 15.9. The van der Waals surface area contributed by atoms with Crippen LogP contribution < -0.4 is 5.32 Å². The van der Waals surface area contributed by atoms with Crippen LogP contribution in [0, 0.1) is 19.8 Å². The number of aromatic nitrogens is 2. The molecule has 140 valence electrons. The van der Waals surface area contributed by atoms with Crippen LogP contribution in [0.4, 0.5) is 0 Å². The van der Waals surface area contributed by atoms with E-state index in [9.17, 15) is 9.59 Å². The molecule has 0 spiro atoms. The summed E-state index contributed by atoms with van der Waals surface area (Å²) in [6, 6.07) is 0.406. The van der Waals surface area contributed by atoms with E-state index in [0.717, 1.165) is 29.8 Å². The van der Waals surface area contributed by atoms with E-state index in [0.29, 0.717) is 13.0 Å². The van der Waals surface area contributed by atoms with E-state index < -0.39 is 5.97 Å². The van der Waals surface area contributed by atoms with Gasteiger partial charge in [0.2, 0.25) is 5.91 Å². The average molecular weight is 350 g/mol. The summed E-state index contributed by atoms with van der Waals surface area (Å²) in [4.78, 5) is 25.3. The van der Waals surface area contributed by atoms with Crippen LogP contribution in [0.3, 0.4) is 0 Å². The number of carbonyl (C=O) groups excluding carboxylic acids is 1. The first-order chi connectivity index (χ1) is 11.7. The van der Waals surface area contributed by atoms with Crippen LogP contribution in [-0.2, 0) is 23.1 Å². The van der Waals surface area contributed by atoms with Gasteiger partial charge in [-0.05, 0) is 45.2 Å². The lowest BCUT2D eigenvalue weighted by molar-refractivity contribution is -0.140. The lowest BCUT2D eigenvalue weighted by Crippen LogP contribution is -2.55. The normalized spacial score (nSPS) is 21.0. The quantitative estimate of drug-likeness (QED) is 0.737. The van der Waals surface area contributed by atoms with Crippen molar-refractivity contribution in [1.29, 1.82) is 0 Å². The lowest BCUT2D eigenvalue weighted by atomic mass is 9.84. The van der Waals surface area contributed by atoms with E-state index in [4.69, 9.17) is 5.11 Å². The van der Waals surface area contributed by atoms with Gasteiger partial charge in [-0.25, -0.2) is 0 Å². The summed E-state index contributed by atoms with van der Waals surface area (Å²) in [6.07, 6.45) is 2.34. The molecular formula is C18H30N4O3. The van der Waals surface area contributed by atoms with Gasteiger partial charge in [0.1, 0.15) is 0 Å². The molecule has 1 aromatic heterocycles. The van der Waals surface area contributed by atoms with Gasteiger partial charge < -0.3 is 10.4 Å². The van der Waals surface area contributed by atoms with Crippen molar-refractivity contribution in [2.24, 2.45) is 13.0 Å². The number of carboxylic acids is 1. The van der Waals surface area contributed by atoms with Crippen molar-refractivity contribution >= 4 is 11.9 Å². The summed E-state index contributed by atoms with van der Waals surface area (Å²) < 4.78 is 1.85. The molecule has 25 heavy (non-hydrogen) atoms. The molecule has 7 nitrogen and oxygen atoms in total. The summed E-state index contributed by atoms with van der Waals surface area (Å²) in [6.45, 7) is 8.70. The molecule has 0 saturated heterocycles. The maximum Gasteiger partial charge on any atom is 0.317 e. The summed E-state index contributed by atoms with van der Waals surface area (Å²) in [5, 5.41) is 16.4. The number of nitrogens with one attached hydrogen (secondary N) is 1. The number of aliphatic carboxylic acids is 1. The first-order valence-corrected chi connectivity index (χ1v) is 8.98. The largest absolute Gasteiger partial charge is 0.480 e. The van der Waals surface area contributed by atoms with Gasteiger partial charge in [0, 0.05) is 30.7 Å². The molecule has 1 aliphatic rings. The molecule has 1 amide bonds. The highest BCUT2D eigenvalue weighted by Crippen LogP contribution is 2.26. The smallest absolute Gasteiger partial charge is 0.317 e. The molecule has 1 fully saturated rings. The molecule has 1 aliphatic carbocycles. The highest BCUT2D eigenvalue weighted by molar-refractivity contribution is 5.79. The first-order valence-electron chi connectivity index (χ1n) is 8.98. The number of carboxylic acid groups (broad SMARTS) is 1. The Bertz CT molecular complexity index is 635. The van der Waals surface area contributed by atoms with Crippen molar-refractivity contribution < 1.29 is 14.7 Å². The zero-order chi connectivity index (χ0) is 18.7. The van der Waals surface area contributed by atoms with E-state index in [1.54, 1.807) is 0 Å². The molecule has 1 heterocycles. The van der Waals surface area contributed by atoms with Gasteiger partial charge in [0.05, 0.1) is 12.2 Å². The predicted octanol–water partition coefficient (Wildman–Crippen LogP) is 1.27. The van der Waals surface area contributed by atoms with Gasteiger partial charge in [-0.3, -0.25) is 19.2 Å². The van der Waals surface area contributed by atoms with Gasteiger partial charge in [0.25, 0.3) is 0 Å². The fraction of sp³-hybridized carbons (Fsp3) is 0.722. The Morgan fingerprint density at radius 2 is 2.04 bits per heavy atom. The molecule has 0 aliphatic heterocycles. The molecule has 2 N–H and O–H groups in total. The Balaban J connectivity index is 1.82. The number of aryl methyl sites for hydroxylation is 2. The van der Waals surface area contributed by atoms with Gasteiger partial charge in [0.15, 0.2) is 0 Å². The first kappa shape index (κ1) is 19.4. The van der Waals surface area contributed by atoms with Gasteiger partial charge in [-0.15, -0.1) is 0 Å². The third-order valence-corrected chi connectivity index (χ3v) is 5.34. The Morgan fingerprint density at radius 1 is 1.40 bits per heavy atom. The fourth-order valence-electron chi connectivity index (χ4n) is 3.53. The Kier molecular flexibility index (Phi) is 6.21. The predicted molar refractivity (Wildman–Crippen MR) is 95.4 cm³/mol. The average Bonchev–Trinajstić information content (AvgIpc) is 2.74. The van der Waals surface area contributed by atoms with Gasteiger partial charge in [-0.1, -0.05) is 13.8 Å². The van der Waals surface area contributed by atoms with Crippen molar-refractivity contribution in [3.05, 3.63) is 17.0 Å². The van der Waals surface area contributed by atoms with Crippen LogP contribution in [0.5, 0.6) is 0 Å². The molecule has 0 aromatic carbocycles. The molecule has 1 unspecified atom stereocenters.